The molecule has 1 aliphatic rings. The Morgan fingerprint density at radius 3 is 2.63 bits per heavy atom. The van der Waals surface area contributed by atoms with E-state index in [2.05, 4.69) is 0 Å². The molecule has 0 bridgehead atoms. The van der Waals surface area contributed by atoms with Gasteiger partial charge in [-0.2, -0.15) is 5.26 Å². The highest BCUT2D eigenvalue weighted by molar-refractivity contribution is 8.03. The van der Waals surface area contributed by atoms with Crippen LogP contribution in [0.4, 0.5) is 5.69 Å². The average Bonchev–Trinajstić information content (AvgIpc) is 2.99. The lowest BCUT2D eigenvalue weighted by Gasteiger charge is -2.14. The third-order valence-electron chi connectivity index (χ3n) is 3.91. The Morgan fingerprint density at radius 1 is 1.19 bits per heavy atom. The quantitative estimate of drug-likeness (QED) is 0.444. The molecular formula is C19H15N3O4S. The second kappa shape index (κ2) is 7.93. The van der Waals surface area contributed by atoms with E-state index >= 15 is 0 Å². The molecule has 1 aromatic carbocycles. The van der Waals surface area contributed by atoms with Gasteiger partial charge in [0, 0.05) is 24.2 Å². The molecule has 0 atom stereocenters. The van der Waals surface area contributed by atoms with Gasteiger partial charge in [-0.3, -0.25) is 14.4 Å². The summed E-state index contributed by atoms with van der Waals surface area (Å²) in [7, 11) is 1.77. The Hall–Kier alpha value is -3.31. The van der Waals surface area contributed by atoms with Gasteiger partial charge in [0.2, 0.25) is 5.78 Å². The zero-order chi connectivity index (χ0) is 19.4. The number of hydrogen-bond acceptors (Lipinski definition) is 7. The predicted octanol–water partition coefficient (Wildman–Crippen LogP) is 1.94. The molecule has 1 aromatic heterocycles. The number of rotatable bonds is 5. The van der Waals surface area contributed by atoms with Gasteiger partial charge in [0.05, 0.1) is 5.69 Å². The largest absolute Gasteiger partial charge is 0.456 e. The van der Waals surface area contributed by atoms with Crippen LogP contribution in [0.25, 0.3) is 0 Å². The molecule has 8 heteroatoms. The summed E-state index contributed by atoms with van der Waals surface area (Å²) in [6, 6.07) is 14.0. The number of Topliss-reactive ketones (excluding diaryl/α,β-unsaturated/α-hetero) is 1. The minimum Gasteiger partial charge on any atom is -0.456 e. The summed E-state index contributed by atoms with van der Waals surface area (Å²) >= 11 is 1.32. The van der Waals surface area contributed by atoms with Crippen LogP contribution in [0.3, 0.4) is 0 Å². The summed E-state index contributed by atoms with van der Waals surface area (Å²) in [6.45, 7) is -0.858. The zero-order valence-corrected chi connectivity index (χ0v) is 15.2. The van der Waals surface area contributed by atoms with Crippen LogP contribution in [-0.2, 0) is 20.9 Å². The van der Waals surface area contributed by atoms with Crippen LogP contribution >= 0.6 is 11.8 Å². The summed E-state index contributed by atoms with van der Waals surface area (Å²) in [5, 5.41) is 9.93. The number of nitriles is 1. The van der Waals surface area contributed by atoms with E-state index in [0.29, 0.717) is 5.03 Å². The first-order valence-electron chi connectivity index (χ1n) is 8.00. The molecule has 7 nitrogen and oxygen atoms in total. The maximum absolute atomic E-state index is 12.4. The number of esters is 1. The fraction of sp³-hybridized carbons (Fsp3) is 0.158. The topological polar surface area (TPSA) is 92.4 Å². The summed E-state index contributed by atoms with van der Waals surface area (Å²) < 4.78 is 6.13. The number of nitrogens with zero attached hydrogens (tertiary/aromatic N) is 3. The van der Waals surface area contributed by atoms with Crippen molar-refractivity contribution >= 4 is 29.2 Å². The first-order chi connectivity index (χ1) is 13.0. The smallest absolute Gasteiger partial charge is 0.326 e. The third-order valence-corrected chi connectivity index (χ3v) is 5.14. The van der Waals surface area contributed by atoms with E-state index in [-0.39, 0.29) is 17.7 Å². The molecule has 0 spiro atoms. The average molecular weight is 381 g/mol. The highest BCUT2D eigenvalue weighted by atomic mass is 32.2. The molecule has 0 aliphatic carbocycles. The predicted molar refractivity (Wildman–Crippen MR) is 100 cm³/mol. The first-order valence-corrected chi connectivity index (χ1v) is 8.82. The van der Waals surface area contributed by atoms with Gasteiger partial charge in [-0.15, -0.1) is 0 Å². The zero-order valence-electron chi connectivity index (χ0n) is 14.4. The molecule has 2 heterocycles. The highest BCUT2D eigenvalue weighted by Gasteiger charge is 2.28. The molecule has 0 fully saturated rings. The summed E-state index contributed by atoms with van der Waals surface area (Å²) in [6.07, 6.45) is 1.45. The minimum absolute atomic E-state index is 0.0663. The van der Waals surface area contributed by atoms with Gasteiger partial charge in [-0.25, -0.2) is 0 Å². The van der Waals surface area contributed by atoms with E-state index in [1.165, 1.54) is 28.6 Å². The number of fused-ring (bicyclic) bond motifs is 1. The molecule has 0 N–H and O–H groups in total. The van der Waals surface area contributed by atoms with Crippen LogP contribution in [0.1, 0.15) is 0 Å². The third kappa shape index (κ3) is 3.93. The molecule has 0 saturated carbocycles. The van der Waals surface area contributed by atoms with Crippen molar-refractivity contribution in [3.8, 4) is 6.07 Å². The fourth-order valence-electron chi connectivity index (χ4n) is 2.54. The van der Waals surface area contributed by atoms with Gasteiger partial charge >= 0.3 is 5.97 Å². The van der Waals surface area contributed by atoms with E-state index in [9.17, 15) is 19.6 Å². The van der Waals surface area contributed by atoms with Gasteiger partial charge in [-0.05, 0) is 18.2 Å². The second-order valence-corrected chi connectivity index (χ2v) is 6.70. The lowest BCUT2D eigenvalue weighted by atomic mass is 10.2. The number of carbonyl (C=O) groups excluding carboxylic acids is 2. The van der Waals surface area contributed by atoms with E-state index in [1.807, 2.05) is 30.3 Å². The van der Waals surface area contributed by atoms with Crippen molar-refractivity contribution in [3.05, 3.63) is 69.6 Å². The number of hydrogen-bond donors (Lipinski definition) is 0. The SMILES string of the molecule is CN1/C(=C(\C#N)C(=O)COC(=O)Cn2ccccc2=O)Sc2ccccc21. The van der Waals surface area contributed by atoms with Gasteiger partial charge in [-0.1, -0.05) is 30.0 Å². The molecule has 0 saturated heterocycles. The van der Waals surface area contributed by atoms with Gasteiger partial charge < -0.3 is 14.2 Å². The molecular weight excluding hydrogens is 366 g/mol. The summed E-state index contributed by atoms with van der Waals surface area (Å²) in [4.78, 5) is 38.6. The van der Waals surface area contributed by atoms with Crippen LogP contribution < -0.4 is 10.5 Å². The van der Waals surface area contributed by atoms with Crippen LogP contribution in [0, 0.1) is 11.3 Å². The van der Waals surface area contributed by atoms with Crippen molar-refractivity contribution in [1.82, 2.24) is 4.57 Å². The van der Waals surface area contributed by atoms with E-state index in [4.69, 9.17) is 4.74 Å². The molecule has 0 radical (unpaired) electrons. The van der Waals surface area contributed by atoms with Crippen molar-refractivity contribution in [2.75, 3.05) is 18.6 Å². The van der Waals surface area contributed by atoms with Crippen LogP contribution in [0.5, 0.6) is 0 Å². The number of ketones is 1. The molecule has 0 amide bonds. The summed E-state index contributed by atoms with van der Waals surface area (Å²) in [5.41, 5.74) is 0.490. The maximum Gasteiger partial charge on any atom is 0.326 e. The van der Waals surface area contributed by atoms with E-state index in [1.54, 1.807) is 24.1 Å². The Morgan fingerprint density at radius 2 is 1.93 bits per heavy atom. The van der Waals surface area contributed by atoms with Gasteiger partial charge in [0.15, 0.2) is 6.61 Å². The summed E-state index contributed by atoms with van der Waals surface area (Å²) in [5.74, 6) is -1.32. The Labute approximate surface area is 159 Å². The monoisotopic (exact) mass is 381 g/mol. The van der Waals surface area contributed by atoms with Crippen molar-refractivity contribution in [1.29, 1.82) is 5.26 Å². The maximum atomic E-state index is 12.4. The van der Waals surface area contributed by atoms with Gasteiger partial charge in [0.1, 0.15) is 23.2 Å². The molecule has 27 heavy (non-hydrogen) atoms. The normalized spacial score (nSPS) is 14.3. The number of benzene rings is 1. The van der Waals surface area contributed by atoms with Crippen molar-refractivity contribution in [3.63, 3.8) is 0 Å². The molecule has 136 valence electrons. The van der Waals surface area contributed by atoms with E-state index in [0.717, 1.165) is 10.6 Å². The van der Waals surface area contributed by atoms with Crippen LogP contribution in [0.15, 0.2) is 69.0 Å². The minimum atomic E-state index is -0.727. The Bertz CT molecular complexity index is 1040. The Kier molecular flexibility index (Phi) is 5.43. The van der Waals surface area contributed by atoms with Crippen molar-refractivity contribution in [2.45, 2.75) is 11.4 Å². The lowest BCUT2D eigenvalue weighted by molar-refractivity contribution is -0.147. The number of pyridine rings is 1. The first kappa shape index (κ1) is 18.5. The number of anilines is 1. The number of aromatic nitrogens is 1. The highest BCUT2D eigenvalue weighted by Crippen LogP contribution is 2.45. The second-order valence-electron chi connectivity index (χ2n) is 5.67. The van der Waals surface area contributed by atoms with Gasteiger partial charge in [0.25, 0.3) is 5.56 Å². The van der Waals surface area contributed by atoms with Crippen molar-refractivity contribution in [2.24, 2.45) is 0 Å². The van der Waals surface area contributed by atoms with E-state index < -0.39 is 18.4 Å². The number of thioether (sulfide) groups is 1. The standard InChI is InChI=1S/C19H15N3O4S/c1-21-14-6-2-3-7-16(14)27-19(21)13(10-20)15(23)12-26-18(25)11-22-9-5-4-8-17(22)24/h2-9H,11-12H2,1H3/b19-13-. The fourth-order valence-corrected chi connectivity index (χ4v) is 3.71. The number of para-hydroxylation sites is 1. The molecule has 2 aromatic rings. The Balaban J connectivity index is 1.68. The number of ether oxygens (including phenoxy) is 1. The number of carbonyl (C=O) groups is 2. The van der Waals surface area contributed by atoms with Crippen LogP contribution in [0.2, 0.25) is 0 Å². The van der Waals surface area contributed by atoms with Crippen LogP contribution in [-0.4, -0.2) is 30.0 Å². The van der Waals surface area contributed by atoms with Crippen molar-refractivity contribution < 1.29 is 14.3 Å². The lowest BCUT2D eigenvalue weighted by Crippen LogP contribution is -2.26. The molecule has 1 aliphatic heterocycles. The molecule has 3 rings (SSSR count). The molecule has 0 unspecified atom stereocenters.